The van der Waals surface area contributed by atoms with Crippen LogP contribution in [-0.2, 0) is 19.9 Å². The first kappa shape index (κ1) is 11.0. The second-order valence-electron chi connectivity index (χ2n) is 4.69. The van der Waals surface area contributed by atoms with Gasteiger partial charge in [-0.15, -0.1) is 0 Å². The number of aromatic carboxylic acids is 1. The molecule has 1 aliphatic rings. The first-order valence-electron chi connectivity index (χ1n) is 6.03. The van der Waals surface area contributed by atoms with Crippen molar-refractivity contribution in [3.63, 3.8) is 0 Å². The second-order valence-corrected chi connectivity index (χ2v) is 4.69. The molecular weight excluding hydrogens is 228 g/mol. The fourth-order valence-corrected chi connectivity index (χ4v) is 2.61. The van der Waals surface area contributed by atoms with Crippen LogP contribution >= 0.6 is 0 Å². The van der Waals surface area contributed by atoms with Crippen LogP contribution in [0.2, 0.25) is 0 Å². The highest BCUT2D eigenvalue weighted by molar-refractivity contribution is 5.93. The lowest BCUT2D eigenvalue weighted by molar-refractivity contribution is 0.0687. The van der Waals surface area contributed by atoms with Gasteiger partial charge in [0.05, 0.1) is 6.33 Å². The smallest absolute Gasteiger partial charge is 0.354 e. The molecule has 1 heterocycles. The van der Waals surface area contributed by atoms with E-state index in [0.29, 0.717) is 5.69 Å². The van der Waals surface area contributed by atoms with E-state index in [0.717, 1.165) is 18.4 Å². The van der Waals surface area contributed by atoms with Crippen molar-refractivity contribution in [1.29, 1.82) is 0 Å². The molecule has 2 aromatic rings. The number of benzene rings is 1. The molecule has 1 aliphatic carbocycles. The second kappa shape index (κ2) is 3.98. The highest BCUT2D eigenvalue weighted by Gasteiger charge is 2.19. The largest absolute Gasteiger partial charge is 0.477 e. The monoisotopic (exact) mass is 242 g/mol. The van der Waals surface area contributed by atoms with Gasteiger partial charge < -0.3 is 9.67 Å². The number of hydrogen-bond acceptors (Lipinski definition) is 2. The molecule has 1 N–H and O–H groups in total. The number of aryl methyl sites for hydroxylation is 3. The summed E-state index contributed by atoms with van der Waals surface area (Å²) in [6, 6.07) is 6.15. The third-order valence-electron chi connectivity index (χ3n) is 3.51. The standard InChI is InChI=1S/C14H14N2O2/c1-16-8-15-12(13(16)14(17)18)11-6-5-9-3-2-4-10(9)7-11/h5-8H,2-4H2,1H3,(H,17,18). The van der Waals surface area contributed by atoms with Gasteiger partial charge in [-0.25, -0.2) is 9.78 Å². The summed E-state index contributed by atoms with van der Waals surface area (Å²) in [5.41, 5.74) is 4.40. The molecule has 0 atom stereocenters. The van der Waals surface area contributed by atoms with E-state index < -0.39 is 5.97 Å². The maximum Gasteiger partial charge on any atom is 0.354 e. The number of fused-ring (bicyclic) bond motifs is 1. The predicted molar refractivity (Wildman–Crippen MR) is 67.6 cm³/mol. The van der Waals surface area contributed by atoms with Gasteiger partial charge in [0.25, 0.3) is 0 Å². The van der Waals surface area contributed by atoms with Crippen LogP contribution in [0.25, 0.3) is 11.3 Å². The first-order valence-corrected chi connectivity index (χ1v) is 6.03. The van der Waals surface area contributed by atoms with Crippen LogP contribution in [0.1, 0.15) is 28.0 Å². The lowest BCUT2D eigenvalue weighted by Gasteiger charge is -2.04. The summed E-state index contributed by atoms with van der Waals surface area (Å²) in [5.74, 6) is -0.939. The van der Waals surface area contributed by atoms with Crippen molar-refractivity contribution in [3.05, 3.63) is 41.3 Å². The lowest BCUT2D eigenvalue weighted by Crippen LogP contribution is -2.05. The summed E-state index contributed by atoms with van der Waals surface area (Å²) in [6.07, 6.45) is 4.95. The molecule has 92 valence electrons. The van der Waals surface area contributed by atoms with Crippen LogP contribution in [0.3, 0.4) is 0 Å². The highest BCUT2D eigenvalue weighted by Crippen LogP contribution is 2.28. The van der Waals surface area contributed by atoms with Crippen LogP contribution in [0.15, 0.2) is 24.5 Å². The van der Waals surface area contributed by atoms with Crippen molar-refractivity contribution in [2.75, 3.05) is 0 Å². The molecule has 0 spiro atoms. The minimum atomic E-state index is -0.939. The van der Waals surface area contributed by atoms with Crippen LogP contribution < -0.4 is 0 Å². The van der Waals surface area contributed by atoms with Crippen molar-refractivity contribution in [2.24, 2.45) is 7.05 Å². The van der Waals surface area contributed by atoms with E-state index in [4.69, 9.17) is 0 Å². The number of carbonyl (C=O) groups is 1. The van der Waals surface area contributed by atoms with Crippen molar-refractivity contribution in [1.82, 2.24) is 9.55 Å². The number of carboxylic acids is 1. The van der Waals surface area contributed by atoms with Gasteiger partial charge in [0.2, 0.25) is 0 Å². The van der Waals surface area contributed by atoms with E-state index in [1.807, 2.05) is 6.07 Å². The van der Waals surface area contributed by atoms with Crippen molar-refractivity contribution < 1.29 is 9.90 Å². The van der Waals surface area contributed by atoms with E-state index in [1.54, 1.807) is 17.9 Å². The third-order valence-corrected chi connectivity index (χ3v) is 3.51. The Morgan fingerprint density at radius 2 is 2.11 bits per heavy atom. The Labute approximate surface area is 105 Å². The average molecular weight is 242 g/mol. The molecule has 0 aliphatic heterocycles. The fourth-order valence-electron chi connectivity index (χ4n) is 2.61. The van der Waals surface area contributed by atoms with Crippen molar-refractivity contribution in [3.8, 4) is 11.3 Å². The maximum absolute atomic E-state index is 11.2. The molecule has 0 amide bonds. The van der Waals surface area contributed by atoms with Crippen molar-refractivity contribution in [2.45, 2.75) is 19.3 Å². The normalized spacial score (nSPS) is 13.6. The first-order chi connectivity index (χ1) is 8.66. The molecule has 18 heavy (non-hydrogen) atoms. The van der Waals surface area contributed by atoms with Gasteiger partial charge in [-0.05, 0) is 36.5 Å². The van der Waals surface area contributed by atoms with Gasteiger partial charge in [0.1, 0.15) is 5.69 Å². The van der Waals surface area contributed by atoms with Gasteiger partial charge in [0.15, 0.2) is 5.69 Å². The zero-order valence-electron chi connectivity index (χ0n) is 10.2. The number of rotatable bonds is 2. The predicted octanol–water partition coefficient (Wildman–Crippen LogP) is 2.27. The maximum atomic E-state index is 11.2. The van der Waals surface area contributed by atoms with E-state index in [2.05, 4.69) is 17.1 Å². The van der Waals surface area contributed by atoms with Gasteiger partial charge in [-0.1, -0.05) is 12.1 Å². The summed E-state index contributed by atoms with van der Waals surface area (Å²) < 4.78 is 1.55. The summed E-state index contributed by atoms with van der Waals surface area (Å²) in [7, 11) is 1.70. The lowest BCUT2D eigenvalue weighted by atomic mass is 10.0. The number of carboxylic acid groups (broad SMARTS) is 1. The Hall–Kier alpha value is -2.10. The van der Waals surface area contributed by atoms with Gasteiger partial charge >= 0.3 is 5.97 Å². The van der Waals surface area contributed by atoms with E-state index >= 15 is 0 Å². The quantitative estimate of drug-likeness (QED) is 0.879. The number of hydrogen-bond donors (Lipinski definition) is 1. The SMILES string of the molecule is Cn1cnc(-c2ccc3c(c2)CCC3)c1C(=O)O. The Morgan fingerprint density at radius 1 is 1.33 bits per heavy atom. The summed E-state index contributed by atoms with van der Waals surface area (Å²) in [6.45, 7) is 0. The third kappa shape index (κ3) is 1.61. The zero-order chi connectivity index (χ0) is 12.7. The summed E-state index contributed by atoms with van der Waals surface area (Å²) >= 11 is 0. The molecule has 0 fully saturated rings. The Kier molecular flexibility index (Phi) is 2.44. The molecule has 4 nitrogen and oxygen atoms in total. The molecule has 1 aromatic carbocycles. The number of aromatic nitrogens is 2. The molecule has 0 unspecified atom stereocenters. The van der Waals surface area contributed by atoms with Crippen LogP contribution in [0.4, 0.5) is 0 Å². The molecule has 0 bridgehead atoms. The van der Waals surface area contributed by atoms with Crippen LogP contribution in [0, 0.1) is 0 Å². The summed E-state index contributed by atoms with van der Waals surface area (Å²) in [4.78, 5) is 15.5. The van der Waals surface area contributed by atoms with E-state index in [-0.39, 0.29) is 5.69 Å². The van der Waals surface area contributed by atoms with Gasteiger partial charge in [-0.3, -0.25) is 0 Å². The topological polar surface area (TPSA) is 55.1 Å². The molecule has 0 saturated carbocycles. The minimum absolute atomic E-state index is 0.243. The molecule has 3 rings (SSSR count). The summed E-state index contributed by atoms with van der Waals surface area (Å²) in [5, 5.41) is 9.23. The fraction of sp³-hybridized carbons (Fsp3) is 0.286. The molecular formula is C14H14N2O2. The molecule has 0 saturated heterocycles. The zero-order valence-corrected chi connectivity index (χ0v) is 10.2. The number of imidazole rings is 1. The minimum Gasteiger partial charge on any atom is -0.477 e. The van der Waals surface area contributed by atoms with Crippen molar-refractivity contribution >= 4 is 5.97 Å². The van der Waals surface area contributed by atoms with Gasteiger partial charge in [-0.2, -0.15) is 0 Å². The Morgan fingerprint density at radius 3 is 2.89 bits per heavy atom. The molecule has 0 radical (unpaired) electrons. The van der Waals surface area contributed by atoms with Crippen LogP contribution in [0.5, 0.6) is 0 Å². The van der Waals surface area contributed by atoms with E-state index in [9.17, 15) is 9.90 Å². The Bertz CT molecular complexity index is 629. The Balaban J connectivity index is 2.13. The molecule has 1 aromatic heterocycles. The molecule has 4 heteroatoms. The number of nitrogens with zero attached hydrogens (tertiary/aromatic N) is 2. The van der Waals surface area contributed by atoms with Gasteiger partial charge in [0, 0.05) is 12.6 Å². The average Bonchev–Trinajstić information content (AvgIpc) is 2.93. The van der Waals surface area contributed by atoms with Crippen LogP contribution in [-0.4, -0.2) is 20.6 Å². The highest BCUT2D eigenvalue weighted by atomic mass is 16.4. The van der Waals surface area contributed by atoms with E-state index in [1.165, 1.54) is 17.5 Å².